The molecule has 11 rings (SSSR count). The molecule has 6 aromatic heterocycles. The van der Waals surface area contributed by atoms with E-state index in [4.69, 9.17) is 20.9 Å². The molecule has 2 aliphatic carbocycles. The minimum atomic E-state index is -4.54. The van der Waals surface area contributed by atoms with Crippen molar-refractivity contribution < 1.29 is 45.2 Å². The molecule has 7 heterocycles. The van der Waals surface area contributed by atoms with Crippen molar-refractivity contribution in [2.75, 3.05) is 0 Å². The van der Waals surface area contributed by atoms with Gasteiger partial charge in [-0.3, -0.25) is 9.59 Å². The number of alkyl halides is 6. The molecule has 12 nitrogen and oxygen atoms in total. The fourth-order valence-electron chi connectivity index (χ4n) is 7.83. The van der Waals surface area contributed by atoms with Crippen LogP contribution in [0.4, 0.5) is 26.3 Å². The van der Waals surface area contributed by atoms with E-state index in [-0.39, 0.29) is 23.2 Å². The monoisotopic (exact) mass is 950 g/mol. The standard InChI is InChI=1S/C21H13F3N4O.C19H19BF3N3O2.C8H6ClNO/c22-21(23,24)18-2-1-3-19(27-18)28-16-10-13(4-5-14(16)11-25-28)15-8-6-12-7-9-17(29)20(12)26-15;1-17(2)18(3,4)28-20(27-17)13-9-8-12-11-24-26(14(12)10-13)16-7-5-6-15(25-16)19(21,22)23;9-7-4-2-5-1-3-6(11)8(5)10-7/h1-6,8,10-11H,7,9H2;5-11H,1-4H3;2,4H,1,3H2. The predicted molar refractivity (Wildman–Crippen MR) is 241 cm³/mol. The van der Waals surface area contributed by atoms with Crippen molar-refractivity contribution in [1.29, 1.82) is 0 Å². The fraction of sp³-hybridized carbons (Fsp3) is 0.250. The highest BCUT2D eigenvalue weighted by Crippen LogP contribution is 2.37. The minimum Gasteiger partial charge on any atom is -0.399 e. The Bertz CT molecular complexity index is 3260. The number of Topliss-reactive ketones (excluding diaryl/α,β-unsaturated/α-hetero) is 2. The first-order chi connectivity index (χ1) is 32.1. The number of pyridine rings is 4. The largest absolute Gasteiger partial charge is 0.494 e. The molecule has 3 aliphatic rings. The molecule has 0 saturated carbocycles. The van der Waals surface area contributed by atoms with Crippen molar-refractivity contribution in [3.63, 3.8) is 0 Å². The van der Waals surface area contributed by atoms with Crippen LogP contribution in [-0.4, -0.2) is 69.4 Å². The molecule has 0 atom stereocenters. The van der Waals surface area contributed by atoms with Crippen LogP contribution in [0, 0.1) is 0 Å². The molecule has 0 radical (unpaired) electrons. The van der Waals surface area contributed by atoms with Crippen LogP contribution in [0.1, 0.15) is 84.0 Å². The first-order valence-electron chi connectivity index (χ1n) is 21.3. The summed E-state index contributed by atoms with van der Waals surface area (Å²) in [4.78, 5) is 39.0. The van der Waals surface area contributed by atoms with E-state index >= 15 is 0 Å². The summed E-state index contributed by atoms with van der Waals surface area (Å²) in [5, 5.41) is 10.4. The third-order valence-electron chi connectivity index (χ3n) is 12.2. The summed E-state index contributed by atoms with van der Waals surface area (Å²) in [6.07, 6.45) is -3.32. The maximum absolute atomic E-state index is 13.0. The van der Waals surface area contributed by atoms with E-state index in [9.17, 15) is 35.9 Å². The lowest BCUT2D eigenvalue weighted by Crippen LogP contribution is -2.41. The Morgan fingerprint density at radius 1 is 0.588 bits per heavy atom. The number of fused-ring (bicyclic) bond motifs is 4. The highest BCUT2D eigenvalue weighted by atomic mass is 35.5. The van der Waals surface area contributed by atoms with E-state index < -0.39 is 42.1 Å². The van der Waals surface area contributed by atoms with Gasteiger partial charge >= 0.3 is 19.5 Å². The van der Waals surface area contributed by atoms with Crippen LogP contribution in [0.3, 0.4) is 0 Å². The molecule has 0 N–H and O–H groups in total. The van der Waals surface area contributed by atoms with Gasteiger partial charge in [-0.05, 0) is 106 Å². The molecule has 0 spiro atoms. The normalized spacial score (nSPS) is 16.1. The Hall–Kier alpha value is -6.83. The van der Waals surface area contributed by atoms with Gasteiger partial charge in [-0.25, -0.2) is 29.3 Å². The van der Waals surface area contributed by atoms with Gasteiger partial charge in [-0.2, -0.15) is 36.5 Å². The van der Waals surface area contributed by atoms with Crippen molar-refractivity contribution in [3.05, 3.63) is 149 Å². The maximum Gasteiger partial charge on any atom is 0.494 e. The molecular weight excluding hydrogens is 913 g/mol. The summed E-state index contributed by atoms with van der Waals surface area (Å²) < 4.78 is 93.0. The molecule has 1 aliphatic heterocycles. The molecular formula is C48H38BClF6N8O4. The average molecular weight is 951 g/mol. The third-order valence-corrected chi connectivity index (χ3v) is 12.4. The SMILES string of the molecule is CC1(C)OB(c2ccc3cnn(-c4cccc(C(F)(F)F)n4)c3c2)OC1(C)C.O=C1CCc2ccc(-c3ccc4cnn(-c5cccc(C(F)(F)F)n5)c4c3)nc21.O=C1CCc2ccc(Cl)nc21. The lowest BCUT2D eigenvalue weighted by Gasteiger charge is -2.32. The van der Waals surface area contributed by atoms with Crippen molar-refractivity contribution in [2.45, 2.75) is 76.9 Å². The Labute approximate surface area is 389 Å². The van der Waals surface area contributed by atoms with Gasteiger partial charge in [0.05, 0.1) is 40.3 Å². The first kappa shape index (κ1) is 46.3. The smallest absolute Gasteiger partial charge is 0.399 e. The zero-order chi connectivity index (χ0) is 48.3. The van der Waals surface area contributed by atoms with Gasteiger partial charge < -0.3 is 9.31 Å². The molecule has 8 aromatic rings. The molecule has 0 unspecified atom stereocenters. The fourth-order valence-corrected chi connectivity index (χ4v) is 7.98. The average Bonchev–Trinajstić information content (AvgIpc) is 4.13. The highest BCUT2D eigenvalue weighted by molar-refractivity contribution is 6.62. The summed E-state index contributed by atoms with van der Waals surface area (Å²) in [6.45, 7) is 7.84. The summed E-state index contributed by atoms with van der Waals surface area (Å²) in [7, 11) is -0.577. The van der Waals surface area contributed by atoms with Crippen molar-refractivity contribution in [3.8, 4) is 22.9 Å². The molecule has 1 fully saturated rings. The Kier molecular flexibility index (Phi) is 11.8. The van der Waals surface area contributed by atoms with Gasteiger partial charge in [0.25, 0.3) is 0 Å². The number of nitrogens with zero attached hydrogens (tertiary/aromatic N) is 8. The quantitative estimate of drug-likeness (QED) is 0.0951. The summed E-state index contributed by atoms with van der Waals surface area (Å²) >= 11 is 5.63. The van der Waals surface area contributed by atoms with Crippen molar-refractivity contribution in [1.82, 2.24) is 39.5 Å². The molecule has 2 aromatic carbocycles. The van der Waals surface area contributed by atoms with Crippen molar-refractivity contribution >= 4 is 57.6 Å². The number of hydrogen-bond acceptors (Lipinski definition) is 10. The van der Waals surface area contributed by atoms with E-state index in [2.05, 4.69) is 30.1 Å². The van der Waals surface area contributed by atoms with Crippen LogP contribution in [0.5, 0.6) is 0 Å². The first-order valence-corrected chi connectivity index (χ1v) is 21.7. The van der Waals surface area contributed by atoms with Crippen LogP contribution in [0.15, 0.2) is 109 Å². The Morgan fingerprint density at radius 3 is 1.63 bits per heavy atom. The summed E-state index contributed by atoms with van der Waals surface area (Å²) in [5.74, 6) is 0.309. The second-order valence-electron chi connectivity index (χ2n) is 17.2. The van der Waals surface area contributed by atoms with Crippen LogP contribution in [0.25, 0.3) is 44.7 Å². The topological polar surface area (TPSA) is 140 Å². The van der Waals surface area contributed by atoms with Crippen LogP contribution in [-0.2, 0) is 34.5 Å². The number of carbonyl (C=O) groups excluding carboxylic acids is 2. The Morgan fingerprint density at radius 2 is 1.09 bits per heavy atom. The van der Waals surface area contributed by atoms with Gasteiger partial charge in [0.15, 0.2) is 23.2 Å². The Balaban J connectivity index is 0.000000139. The number of rotatable bonds is 4. The van der Waals surface area contributed by atoms with E-state index in [1.165, 1.54) is 33.6 Å². The summed E-state index contributed by atoms with van der Waals surface area (Å²) in [6, 6.07) is 25.8. The minimum absolute atomic E-state index is 0.0288. The lowest BCUT2D eigenvalue weighted by molar-refractivity contribution is -0.141. The molecule has 1 saturated heterocycles. The molecule has 346 valence electrons. The second-order valence-corrected chi connectivity index (χ2v) is 17.6. The number of carbonyl (C=O) groups is 2. The van der Waals surface area contributed by atoms with E-state index in [0.29, 0.717) is 52.5 Å². The van der Waals surface area contributed by atoms with Crippen LogP contribution >= 0.6 is 11.6 Å². The van der Waals surface area contributed by atoms with Crippen LogP contribution < -0.4 is 5.46 Å². The zero-order valence-electron chi connectivity index (χ0n) is 36.7. The number of hydrogen-bond donors (Lipinski definition) is 0. The van der Waals surface area contributed by atoms with Gasteiger partial charge in [0, 0.05) is 29.2 Å². The van der Waals surface area contributed by atoms with E-state index in [1.54, 1.807) is 24.5 Å². The van der Waals surface area contributed by atoms with Gasteiger partial charge in [-0.15, -0.1) is 0 Å². The number of ketones is 2. The van der Waals surface area contributed by atoms with Gasteiger partial charge in [0.1, 0.15) is 27.9 Å². The lowest BCUT2D eigenvalue weighted by atomic mass is 9.79. The van der Waals surface area contributed by atoms with Crippen molar-refractivity contribution in [2.24, 2.45) is 0 Å². The van der Waals surface area contributed by atoms with Gasteiger partial charge in [0.2, 0.25) is 0 Å². The molecule has 68 heavy (non-hydrogen) atoms. The third kappa shape index (κ3) is 9.12. The molecule has 0 bridgehead atoms. The van der Waals surface area contributed by atoms with E-state index in [0.717, 1.165) is 51.5 Å². The molecule has 0 amide bonds. The van der Waals surface area contributed by atoms with Crippen LogP contribution in [0.2, 0.25) is 5.15 Å². The van der Waals surface area contributed by atoms with E-state index in [1.807, 2.05) is 76.2 Å². The molecule has 20 heteroatoms. The zero-order valence-corrected chi connectivity index (χ0v) is 37.4. The number of halogens is 7. The highest BCUT2D eigenvalue weighted by Gasteiger charge is 2.51. The second kappa shape index (κ2) is 17.4. The number of benzene rings is 2. The summed E-state index contributed by atoms with van der Waals surface area (Å²) in [5.41, 5.74) is 3.47. The maximum atomic E-state index is 13.0. The van der Waals surface area contributed by atoms with Gasteiger partial charge in [-0.1, -0.05) is 60.1 Å². The number of aryl methyl sites for hydroxylation is 2. The predicted octanol–water partition coefficient (Wildman–Crippen LogP) is 10.2. The number of aromatic nitrogens is 8.